The highest BCUT2D eigenvalue weighted by Gasteiger charge is 2.25. The predicted molar refractivity (Wildman–Crippen MR) is 164 cm³/mol. The van der Waals surface area contributed by atoms with Crippen molar-refractivity contribution < 1.29 is 9.53 Å². The molecule has 8 heteroatoms. The summed E-state index contributed by atoms with van der Waals surface area (Å²) in [5, 5.41) is 5.51. The van der Waals surface area contributed by atoms with Crippen LogP contribution in [-0.4, -0.2) is 50.6 Å². The summed E-state index contributed by atoms with van der Waals surface area (Å²) in [6.45, 7) is 9.58. The normalized spacial score (nSPS) is 13.2. The van der Waals surface area contributed by atoms with E-state index >= 15 is 0 Å². The molecule has 8 nitrogen and oxygen atoms in total. The maximum Gasteiger partial charge on any atom is 0.410 e. The Kier molecular flexibility index (Phi) is 7.69. The lowest BCUT2D eigenvalue weighted by atomic mass is 9.98. The minimum absolute atomic E-state index is 0.172. The molecule has 2 aromatic heterocycles. The van der Waals surface area contributed by atoms with Gasteiger partial charge in [-0.1, -0.05) is 48.5 Å². The van der Waals surface area contributed by atoms with Crippen LogP contribution in [0.2, 0.25) is 0 Å². The number of aromatic nitrogens is 4. The third-order valence-electron chi connectivity index (χ3n) is 7.37. The predicted octanol–water partition coefficient (Wildman–Crippen LogP) is 7.50. The first kappa shape index (κ1) is 28.1. The summed E-state index contributed by atoms with van der Waals surface area (Å²) >= 11 is 0. The fourth-order valence-corrected chi connectivity index (χ4v) is 4.65. The molecule has 5 aromatic rings. The first-order valence-corrected chi connectivity index (χ1v) is 13.9. The van der Waals surface area contributed by atoms with Crippen LogP contribution in [0, 0.1) is 0 Å². The van der Waals surface area contributed by atoms with Crippen LogP contribution in [-0.2, 0) is 4.74 Å². The quantitative estimate of drug-likeness (QED) is 0.195. The molecule has 5 rings (SSSR count). The van der Waals surface area contributed by atoms with Crippen LogP contribution in [0.25, 0.3) is 44.4 Å². The Hall–Kier alpha value is -4.43. The van der Waals surface area contributed by atoms with Crippen LogP contribution >= 0.6 is 0 Å². The highest BCUT2D eigenvalue weighted by atomic mass is 16.6. The van der Waals surface area contributed by atoms with Gasteiger partial charge in [0.2, 0.25) is 0 Å². The van der Waals surface area contributed by atoms with Gasteiger partial charge in [0, 0.05) is 12.6 Å². The van der Waals surface area contributed by atoms with Crippen molar-refractivity contribution in [2.75, 3.05) is 14.1 Å². The van der Waals surface area contributed by atoms with E-state index in [-0.39, 0.29) is 18.2 Å². The van der Waals surface area contributed by atoms with E-state index in [0.717, 1.165) is 50.2 Å². The SMILES string of the molecule is CN[C@@H](C)c1ncc(-c2ccc(-c3ccc4cc(-c5cnc([C@H](C)N(C)C(=O)OC(C)(C)C)[nH]5)ccc4c3)cc2)[nH]1. The van der Waals surface area contributed by atoms with E-state index in [4.69, 9.17) is 4.74 Å². The number of H-pyrrole nitrogens is 2. The largest absolute Gasteiger partial charge is 0.444 e. The average Bonchev–Trinajstić information content (AvgIpc) is 3.66. The van der Waals surface area contributed by atoms with E-state index in [1.807, 2.05) is 47.1 Å². The summed E-state index contributed by atoms with van der Waals surface area (Å²) in [4.78, 5) is 29.9. The zero-order valence-electron chi connectivity index (χ0n) is 24.7. The standard InChI is InChI=1S/C33H38N6O2/c1-20(34-6)30-35-18-28(37-30)23-10-8-22(9-11-23)24-12-13-26-17-27(15-14-25(26)16-24)29-19-36-31(38-29)21(2)39(7)32(40)41-33(3,4)5/h8-21,34H,1-7H3,(H,35,37)(H,36,38)/t20-,21-/m0/s1. The number of imidazole rings is 2. The van der Waals surface area contributed by atoms with Gasteiger partial charge >= 0.3 is 6.09 Å². The molecule has 0 radical (unpaired) electrons. The van der Waals surface area contributed by atoms with E-state index in [9.17, 15) is 4.79 Å². The van der Waals surface area contributed by atoms with Crippen molar-refractivity contribution in [1.29, 1.82) is 0 Å². The summed E-state index contributed by atoms with van der Waals surface area (Å²) < 4.78 is 5.50. The van der Waals surface area contributed by atoms with Gasteiger partial charge in [0.15, 0.2) is 0 Å². The van der Waals surface area contributed by atoms with Gasteiger partial charge in [-0.05, 0) is 81.3 Å². The molecule has 3 aromatic carbocycles. The monoisotopic (exact) mass is 550 g/mol. The number of benzene rings is 3. The molecule has 0 saturated carbocycles. The van der Waals surface area contributed by atoms with E-state index in [1.165, 1.54) is 0 Å². The number of carbonyl (C=O) groups excluding carboxylic acids is 1. The minimum Gasteiger partial charge on any atom is -0.444 e. The third-order valence-corrected chi connectivity index (χ3v) is 7.37. The summed E-state index contributed by atoms with van der Waals surface area (Å²) in [5.41, 5.74) is 5.81. The number of carbonyl (C=O) groups is 1. The van der Waals surface area contributed by atoms with Crippen LogP contribution in [0.3, 0.4) is 0 Å². The van der Waals surface area contributed by atoms with E-state index in [2.05, 4.69) is 92.8 Å². The number of nitrogens with one attached hydrogen (secondary N) is 3. The van der Waals surface area contributed by atoms with Gasteiger partial charge in [0.25, 0.3) is 0 Å². The Labute approximate surface area is 241 Å². The number of nitrogens with zero attached hydrogens (tertiary/aromatic N) is 3. The Bertz CT molecular complexity index is 1660. The molecule has 0 saturated heterocycles. The molecule has 2 atom stereocenters. The second-order valence-corrected chi connectivity index (χ2v) is 11.5. The van der Waals surface area contributed by atoms with E-state index in [0.29, 0.717) is 5.82 Å². The van der Waals surface area contributed by atoms with Crippen LogP contribution < -0.4 is 5.32 Å². The molecular formula is C33H38N6O2. The topological polar surface area (TPSA) is 98.9 Å². The second kappa shape index (κ2) is 11.2. The second-order valence-electron chi connectivity index (χ2n) is 11.5. The molecular weight excluding hydrogens is 512 g/mol. The Morgan fingerprint density at radius 1 is 0.805 bits per heavy atom. The summed E-state index contributed by atoms with van der Waals surface area (Å²) in [6, 6.07) is 21.4. The number of aromatic amines is 2. The fraction of sp³-hybridized carbons (Fsp3) is 0.303. The van der Waals surface area contributed by atoms with Crippen molar-refractivity contribution in [3.8, 4) is 33.6 Å². The van der Waals surface area contributed by atoms with E-state index in [1.54, 1.807) is 11.9 Å². The smallest absolute Gasteiger partial charge is 0.410 e. The maximum atomic E-state index is 12.5. The molecule has 41 heavy (non-hydrogen) atoms. The van der Waals surface area contributed by atoms with E-state index < -0.39 is 5.60 Å². The van der Waals surface area contributed by atoms with Crippen molar-refractivity contribution in [2.45, 2.75) is 52.3 Å². The number of ether oxygens (including phenoxy) is 1. The van der Waals surface area contributed by atoms with Crippen molar-refractivity contribution in [3.05, 3.63) is 84.7 Å². The number of hydrogen-bond donors (Lipinski definition) is 3. The number of fused-ring (bicyclic) bond motifs is 1. The van der Waals surface area contributed by atoms with Crippen LogP contribution in [0.4, 0.5) is 4.79 Å². The first-order chi connectivity index (χ1) is 19.5. The Morgan fingerprint density at radius 3 is 1.95 bits per heavy atom. The van der Waals surface area contributed by atoms with Gasteiger partial charge in [-0.15, -0.1) is 0 Å². The zero-order valence-corrected chi connectivity index (χ0v) is 24.7. The lowest BCUT2D eigenvalue weighted by Crippen LogP contribution is -2.36. The number of hydrogen-bond acceptors (Lipinski definition) is 5. The van der Waals surface area contributed by atoms with Gasteiger partial charge in [0.1, 0.15) is 17.2 Å². The van der Waals surface area contributed by atoms with Crippen LogP contribution in [0.15, 0.2) is 73.1 Å². The Morgan fingerprint density at radius 2 is 1.32 bits per heavy atom. The van der Waals surface area contributed by atoms with Crippen molar-refractivity contribution in [3.63, 3.8) is 0 Å². The lowest BCUT2D eigenvalue weighted by Gasteiger charge is -2.27. The fourth-order valence-electron chi connectivity index (χ4n) is 4.65. The summed E-state index contributed by atoms with van der Waals surface area (Å²) in [5.74, 6) is 1.63. The highest BCUT2D eigenvalue weighted by Crippen LogP contribution is 2.30. The first-order valence-electron chi connectivity index (χ1n) is 13.9. The summed E-state index contributed by atoms with van der Waals surface area (Å²) in [6.07, 6.45) is 3.32. The number of rotatable bonds is 7. The highest BCUT2D eigenvalue weighted by molar-refractivity contribution is 5.90. The van der Waals surface area contributed by atoms with Gasteiger partial charge in [-0.25, -0.2) is 14.8 Å². The number of amides is 1. The zero-order chi connectivity index (χ0) is 29.3. The molecule has 0 spiro atoms. The van der Waals surface area contributed by atoms with Gasteiger partial charge in [-0.2, -0.15) is 0 Å². The average molecular weight is 551 g/mol. The molecule has 1 amide bonds. The molecule has 0 aliphatic heterocycles. The molecule has 0 fully saturated rings. The lowest BCUT2D eigenvalue weighted by molar-refractivity contribution is 0.0228. The molecule has 0 aliphatic rings. The van der Waals surface area contributed by atoms with Gasteiger partial charge < -0.3 is 24.9 Å². The molecule has 212 valence electrons. The van der Waals surface area contributed by atoms with Crippen molar-refractivity contribution >= 4 is 16.9 Å². The molecule has 0 bridgehead atoms. The molecule has 3 N–H and O–H groups in total. The Balaban J connectivity index is 1.32. The van der Waals surface area contributed by atoms with Crippen molar-refractivity contribution in [2.24, 2.45) is 0 Å². The van der Waals surface area contributed by atoms with Crippen LogP contribution in [0.5, 0.6) is 0 Å². The molecule has 0 aliphatic carbocycles. The maximum absolute atomic E-state index is 12.5. The molecule has 0 unspecified atom stereocenters. The van der Waals surface area contributed by atoms with Crippen LogP contribution in [0.1, 0.15) is 58.4 Å². The third kappa shape index (κ3) is 6.18. The summed E-state index contributed by atoms with van der Waals surface area (Å²) in [7, 11) is 3.65. The van der Waals surface area contributed by atoms with Crippen molar-refractivity contribution in [1.82, 2.24) is 30.2 Å². The van der Waals surface area contributed by atoms with Gasteiger partial charge in [0.05, 0.1) is 35.9 Å². The molecule has 2 heterocycles. The minimum atomic E-state index is -0.552. The van der Waals surface area contributed by atoms with Gasteiger partial charge in [-0.3, -0.25) is 0 Å².